The molecule has 2 heterocycles. The molecule has 2 unspecified atom stereocenters. The number of amides is 1. The molecular formula is C25H35N3O3. The number of hydrogen-bond donors (Lipinski definition) is 1. The van der Waals surface area contributed by atoms with Crippen LogP contribution in [0.1, 0.15) is 63.3 Å². The van der Waals surface area contributed by atoms with Gasteiger partial charge in [0.25, 0.3) is 0 Å². The molecule has 2 N–H and O–H groups in total. The fraction of sp³-hybridized carbons (Fsp3) is 0.520. The Labute approximate surface area is 185 Å². The van der Waals surface area contributed by atoms with Crippen LogP contribution in [-0.2, 0) is 9.53 Å². The van der Waals surface area contributed by atoms with Gasteiger partial charge >= 0.3 is 0 Å². The minimum atomic E-state index is 0.159. The minimum absolute atomic E-state index is 0.159. The Morgan fingerprint density at radius 2 is 1.97 bits per heavy atom. The third-order valence-corrected chi connectivity index (χ3v) is 6.16. The number of aromatic nitrogens is 1. The number of pyridine rings is 1. The van der Waals surface area contributed by atoms with Crippen LogP contribution in [0.3, 0.4) is 0 Å². The maximum Gasteiger partial charge on any atom is 0.225 e. The van der Waals surface area contributed by atoms with Crippen LogP contribution in [0.4, 0.5) is 5.69 Å². The smallest absolute Gasteiger partial charge is 0.225 e. The first-order chi connectivity index (χ1) is 14.8. The van der Waals surface area contributed by atoms with Crippen LogP contribution >= 0.6 is 0 Å². The van der Waals surface area contributed by atoms with Crippen molar-refractivity contribution >= 4 is 11.6 Å². The van der Waals surface area contributed by atoms with Crippen molar-refractivity contribution in [1.82, 2.24) is 9.88 Å². The van der Waals surface area contributed by atoms with Gasteiger partial charge in [0.05, 0.1) is 37.2 Å². The molecule has 1 aliphatic rings. The summed E-state index contributed by atoms with van der Waals surface area (Å²) in [5, 5.41) is 0. The summed E-state index contributed by atoms with van der Waals surface area (Å²) in [6.45, 7) is 7.63. The molecule has 2 aromatic rings. The number of anilines is 1. The predicted molar refractivity (Wildman–Crippen MR) is 124 cm³/mol. The molecule has 1 amide bonds. The van der Waals surface area contributed by atoms with Gasteiger partial charge in [0.1, 0.15) is 5.75 Å². The zero-order valence-corrected chi connectivity index (χ0v) is 19.4. The Balaban J connectivity index is 1.85. The number of carbonyl (C=O) groups is 1. The van der Waals surface area contributed by atoms with Gasteiger partial charge in [-0.2, -0.15) is 0 Å². The monoisotopic (exact) mass is 425 g/mol. The second kappa shape index (κ2) is 10.1. The molecule has 168 valence electrons. The minimum Gasteiger partial charge on any atom is -0.497 e. The second-order valence-corrected chi connectivity index (χ2v) is 8.68. The van der Waals surface area contributed by atoms with Crippen LogP contribution < -0.4 is 10.5 Å². The molecule has 1 aromatic heterocycles. The SMILES string of the molecule is COCCC(=O)N1CCC(c2nc(C(C)C)c(-c3ccc(OC)cc3)cc2N)CC1C. The number of rotatable bonds is 7. The molecule has 31 heavy (non-hydrogen) atoms. The molecule has 1 aliphatic heterocycles. The van der Waals surface area contributed by atoms with E-state index >= 15 is 0 Å². The summed E-state index contributed by atoms with van der Waals surface area (Å²) in [6, 6.07) is 10.2. The van der Waals surface area contributed by atoms with Crippen LogP contribution in [0.25, 0.3) is 11.1 Å². The van der Waals surface area contributed by atoms with Crippen molar-refractivity contribution in [3.8, 4) is 16.9 Å². The van der Waals surface area contributed by atoms with Gasteiger partial charge in [-0.15, -0.1) is 0 Å². The van der Waals surface area contributed by atoms with E-state index in [0.717, 1.165) is 53.3 Å². The highest BCUT2D eigenvalue weighted by atomic mass is 16.5. The molecule has 0 radical (unpaired) electrons. The lowest BCUT2D eigenvalue weighted by atomic mass is 9.86. The number of carbonyl (C=O) groups excluding carboxylic acids is 1. The number of methoxy groups -OCH3 is 2. The van der Waals surface area contributed by atoms with Crippen LogP contribution in [0.15, 0.2) is 30.3 Å². The Morgan fingerprint density at radius 3 is 2.55 bits per heavy atom. The maximum absolute atomic E-state index is 12.5. The standard InChI is InChI=1S/C25H35N3O3/c1-16(2)24-21(18-6-8-20(31-5)9-7-18)15-22(26)25(27-24)19-10-12-28(17(3)14-19)23(29)11-13-30-4/h6-9,15-17,19H,10-14,26H2,1-5H3. The zero-order valence-electron chi connectivity index (χ0n) is 19.4. The van der Waals surface area contributed by atoms with Gasteiger partial charge in [-0.05, 0) is 49.4 Å². The van der Waals surface area contributed by atoms with E-state index in [2.05, 4.69) is 26.8 Å². The van der Waals surface area contributed by atoms with Crippen LogP contribution in [-0.4, -0.2) is 49.2 Å². The van der Waals surface area contributed by atoms with E-state index in [1.807, 2.05) is 29.2 Å². The summed E-state index contributed by atoms with van der Waals surface area (Å²) in [6.07, 6.45) is 2.18. The lowest BCUT2D eigenvalue weighted by molar-refractivity contribution is -0.135. The number of likely N-dealkylation sites (tertiary alicyclic amines) is 1. The van der Waals surface area contributed by atoms with Gasteiger partial charge in [0.15, 0.2) is 0 Å². The Morgan fingerprint density at radius 1 is 1.26 bits per heavy atom. The molecule has 3 rings (SSSR count). The summed E-state index contributed by atoms with van der Waals surface area (Å²) in [7, 11) is 3.29. The van der Waals surface area contributed by atoms with E-state index in [1.165, 1.54) is 0 Å². The quantitative estimate of drug-likeness (QED) is 0.702. The molecule has 6 heteroatoms. The highest BCUT2D eigenvalue weighted by Crippen LogP contribution is 2.38. The summed E-state index contributed by atoms with van der Waals surface area (Å²) in [5.74, 6) is 1.51. The predicted octanol–water partition coefficient (Wildman–Crippen LogP) is 4.59. The van der Waals surface area contributed by atoms with Crippen LogP contribution in [0.5, 0.6) is 5.75 Å². The normalized spacial score (nSPS) is 19.0. The van der Waals surface area contributed by atoms with E-state index in [9.17, 15) is 4.79 Å². The Kier molecular flexibility index (Phi) is 7.55. The molecule has 0 bridgehead atoms. The average molecular weight is 426 g/mol. The number of nitrogens with two attached hydrogens (primary N) is 1. The molecule has 6 nitrogen and oxygen atoms in total. The van der Waals surface area contributed by atoms with E-state index in [0.29, 0.717) is 13.0 Å². The van der Waals surface area contributed by atoms with Crippen LogP contribution in [0, 0.1) is 0 Å². The van der Waals surface area contributed by atoms with Crippen molar-refractivity contribution in [3.05, 3.63) is 41.7 Å². The fourth-order valence-electron chi connectivity index (χ4n) is 4.45. The summed E-state index contributed by atoms with van der Waals surface area (Å²) < 4.78 is 10.3. The lowest BCUT2D eigenvalue weighted by Gasteiger charge is -2.38. The first kappa shape index (κ1) is 23.1. The molecule has 1 saturated heterocycles. The molecule has 0 saturated carbocycles. The first-order valence-corrected chi connectivity index (χ1v) is 11.1. The highest BCUT2D eigenvalue weighted by molar-refractivity contribution is 5.77. The number of piperidine rings is 1. The van der Waals surface area contributed by atoms with Gasteiger partial charge in [-0.1, -0.05) is 26.0 Å². The number of benzene rings is 1. The third kappa shape index (κ3) is 5.18. The Bertz CT molecular complexity index is 896. The lowest BCUT2D eigenvalue weighted by Crippen LogP contribution is -2.44. The van der Waals surface area contributed by atoms with Gasteiger partial charge in [0.2, 0.25) is 5.91 Å². The van der Waals surface area contributed by atoms with Gasteiger partial charge in [0, 0.05) is 31.2 Å². The second-order valence-electron chi connectivity index (χ2n) is 8.68. The molecular weight excluding hydrogens is 390 g/mol. The van der Waals surface area contributed by atoms with Crippen molar-refractivity contribution in [1.29, 1.82) is 0 Å². The zero-order chi connectivity index (χ0) is 22.5. The highest BCUT2D eigenvalue weighted by Gasteiger charge is 2.31. The largest absolute Gasteiger partial charge is 0.497 e. The van der Waals surface area contributed by atoms with Crippen LogP contribution in [0.2, 0.25) is 0 Å². The van der Waals surface area contributed by atoms with Crippen molar-refractivity contribution in [3.63, 3.8) is 0 Å². The summed E-state index contributed by atoms with van der Waals surface area (Å²) in [5.41, 5.74) is 11.4. The van der Waals surface area contributed by atoms with Gasteiger partial charge in [-0.3, -0.25) is 9.78 Å². The Hall–Kier alpha value is -2.60. The van der Waals surface area contributed by atoms with E-state index in [4.69, 9.17) is 20.2 Å². The van der Waals surface area contributed by atoms with Crippen molar-refractivity contribution < 1.29 is 14.3 Å². The summed E-state index contributed by atoms with van der Waals surface area (Å²) in [4.78, 5) is 19.5. The topological polar surface area (TPSA) is 77.7 Å². The summed E-state index contributed by atoms with van der Waals surface area (Å²) >= 11 is 0. The van der Waals surface area contributed by atoms with Crippen molar-refractivity contribution in [2.45, 2.75) is 57.9 Å². The van der Waals surface area contributed by atoms with E-state index < -0.39 is 0 Å². The molecule has 0 aliphatic carbocycles. The number of hydrogen-bond acceptors (Lipinski definition) is 5. The number of nitrogens with zero attached hydrogens (tertiary/aromatic N) is 2. The molecule has 1 aromatic carbocycles. The van der Waals surface area contributed by atoms with E-state index in [-0.39, 0.29) is 23.8 Å². The van der Waals surface area contributed by atoms with Crippen molar-refractivity contribution in [2.75, 3.05) is 33.1 Å². The van der Waals surface area contributed by atoms with E-state index in [1.54, 1.807) is 14.2 Å². The number of ether oxygens (including phenoxy) is 2. The number of nitrogen functional groups attached to an aromatic ring is 1. The van der Waals surface area contributed by atoms with Gasteiger partial charge < -0.3 is 20.1 Å². The maximum atomic E-state index is 12.5. The van der Waals surface area contributed by atoms with Crippen molar-refractivity contribution in [2.24, 2.45) is 0 Å². The average Bonchev–Trinajstić information content (AvgIpc) is 2.77. The molecule has 1 fully saturated rings. The first-order valence-electron chi connectivity index (χ1n) is 11.1. The van der Waals surface area contributed by atoms with Gasteiger partial charge in [-0.25, -0.2) is 0 Å². The third-order valence-electron chi connectivity index (χ3n) is 6.16. The fourth-order valence-corrected chi connectivity index (χ4v) is 4.45. The molecule has 2 atom stereocenters. The molecule has 0 spiro atoms.